The van der Waals surface area contributed by atoms with E-state index in [0.29, 0.717) is 10.7 Å². The highest BCUT2D eigenvalue weighted by atomic mass is 35.5. The molecule has 2 aromatic rings. The molecule has 1 fully saturated rings. The molecule has 1 amide bonds. The first-order valence-electron chi connectivity index (χ1n) is 6.80. The van der Waals surface area contributed by atoms with Gasteiger partial charge in [-0.1, -0.05) is 11.6 Å². The molecule has 0 saturated heterocycles. The highest BCUT2D eigenvalue weighted by Gasteiger charge is 2.43. The highest BCUT2D eigenvalue weighted by molar-refractivity contribution is 6.36. The molecule has 1 N–H and O–H groups in total. The zero-order chi connectivity index (χ0) is 13.7. The Kier molecular flexibility index (Phi) is 2.45. The number of aromatic nitrogens is 2. The van der Waals surface area contributed by atoms with Crippen molar-refractivity contribution < 1.29 is 4.79 Å². The van der Waals surface area contributed by atoms with E-state index in [-0.39, 0.29) is 11.4 Å². The van der Waals surface area contributed by atoms with E-state index in [1.807, 2.05) is 22.9 Å². The number of amides is 1. The maximum absolute atomic E-state index is 12.3. The Morgan fingerprint density at radius 3 is 2.70 bits per heavy atom. The van der Waals surface area contributed by atoms with Gasteiger partial charge in [-0.3, -0.25) is 9.78 Å². The number of hydrogen-bond acceptors (Lipinski definition) is 2. The topological polar surface area (TPSA) is 46.9 Å². The van der Waals surface area contributed by atoms with Gasteiger partial charge in [0.1, 0.15) is 5.69 Å². The van der Waals surface area contributed by atoms with Crippen molar-refractivity contribution in [2.75, 3.05) is 0 Å². The number of nitrogens with one attached hydrogen (secondary N) is 1. The molecular formula is C15H14ClN3O. The van der Waals surface area contributed by atoms with Crippen LogP contribution >= 0.6 is 11.6 Å². The first-order valence-corrected chi connectivity index (χ1v) is 7.18. The summed E-state index contributed by atoms with van der Waals surface area (Å²) in [5.41, 5.74) is 2.43. The number of fused-ring (bicyclic) bond motifs is 1. The van der Waals surface area contributed by atoms with Crippen LogP contribution in [0, 0.1) is 0 Å². The standard InChI is InChI=1S/C15H14ClN3O/c16-12-11(10-2-6-17-7-3-10)8-19-9-15(4-1-5-15)18-14(20)13(12)19/h2-3,6-8H,1,4-5,9H2,(H,18,20). The molecule has 0 aromatic carbocycles. The van der Waals surface area contributed by atoms with Crippen molar-refractivity contribution in [1.29, 1.82) is 0 Å². The van der Waals surface area contributed by atoms with Gasteiger partial charge in [-0.2, -0.15) is 0 Å². The Morgan fingerprint density at radius 1 is 1.30 bits per heavy atom. The lowest BCUT2D eigenvalue weighted by Crippen LogP contribution is -2.59. The smallest absolute Gasteiger partial charge is 0.269 e. The number of rotatable bonds is 1. The summed E-state index contributed by atoms with van der Waals surface area (Å²) in [6, 6.07) is 3.81. The Morgan fingerprint density at radius 2 is 2.05 bits per heavy atom. The second-order valence-electron chi connectivity index (χ2n) is 5.66. The summed E-state index contributed by atoms with van der Waals surface area (Å²) in [6.07, 6.45) is 8.75. The van der Waals surface area contributed by atoms with E-state index in [4.69, 9.17) is 11.6 Å². The third-order valence-electron chi connectivity index (χ3n) is 4.39. The van der Waals surface area contributed by atoms with E-state index in [1.54, 1.807) is 12.4 Å². The predicted octanol–water partition coefficient (Wildman–Crippen LogP) is 2.87. The van der Waals surface area contributed by atoms with Crippen LogP contribution < -0.4 is 5.32 Å². The van der Waals surface area contributed by atoms with E-state index in [9.17, 15) is 4.79 Å². The fraction of sp³-hybridized carbons (Fsp3) is 0.333. The van der Waals surface area contributed by atoms with E-state index < -0.39 is 0 Å². The maximum Gasteiger partial charge on any atom is 0.269 e. The first-order chi connectivity index (χ1) is 9.69. The average molecular weight is 288 g/mol. The molecule has 0 atom stereocenters. The first kappa shape index (κ1) is 12.0. The SMILES string of the molecule is O=C1NC2(CCC2)Cn2cc(-c3ccncc3)c(Cl)c21. The number of carbonyl (C=O) groups excluding carboxylic acids is 1. The minimum absolute atomic E-state index is 0.0397. The molecule has 0 radical (unpaired) electrons. The van der Waals surface area contributed by atoms with Gasteiger partial charge < -0.3 is 9.88 Å². The van der Waals surface area contributed by atoms with E-state index >= 15 is 0 Å². The maximum atomic E-state index is 12.3. The third kappa shape index (κ3) is 1.61. The minimum Gasteiger partial charge on any atom is -0.343 e. The number of hydrogen-bond donors (Lipinski definition) is 1. The molecule has 1 spiro atoms. The van der Waals surface area contributed by atoms with Crippen LogP contribution in [0.4, 0.5) is 0 Å². The van der Waals surface area contributed by atoms with Gasteiger partial charge in [-0.15, -0.1) is 0 Å². The Hall–Kier alpha value is -1.81. The Labute approximate surface area is 121 Å². The van der Waals surface area contributed by atoms with Crippen molar-refractivity contribution >= 4 is 17.5 Å². The van der Waals surface area contributed by atoms with Crippen LogP contribution in [0.5, 0.6) is 0 Å². The largest absolute Gasteiger partial charge is 0.343 e. The number of carbonyl (C=O) groups is 1. The normalized spacial score (nSPS) is 19.4. The summed E-state index contributed by atoms with van der Waals surface area (Å²) >= 11 is 6.42. The van der Waals surface area contributed by atoms with Gasteiger partial charge in [0.2, 0.25) is 0 Å². The lowest BCUT2D eigenvalue weighted by atomic mass is 9.75. The van der Waals surface area contributed by atoms with Crippen molar-refractivity contribution in [1.82, 2.24) is 14.9 Å². The van der Waals surface area contributed by atoms with Gasteiger partial charge in [0.25, 0.3) is 5.91 Å². The molecule has 4 nitrogen and oxygen atoms in total. The molecule has 3 heterocycles. The second-order valence-corrected chi connectivity index (χ2v) is 6.04. The molecule has 102 valence electrons. The van der Waals surface area contributed by atoms with Gasteiger partial charge in [0.15, 0.2) is 0 Å². The van der Waals surface area contributed by atoms with Crippen LogP contribution in [0.15, 0.2) is 30.7 Å². The Balaban J connectivity index is 1.82. The van der Waals surface area contributed by atoms with E-state index in [0.717, 1.165) is 30.5 Å². The van der Waals surface area contributed by atoms with Crippen LogP contribution in [0.1, 0.15) is 29.8 Å². The van der Waals surface area contributed by atoms with Gasteiger partial charge in [0, 0.05) is 30.7 Å². The highest BCUT2D eigenvalue weighted by Crippen LogP contribution is 2.40. The van der Waals surface area contributed by atoms with Crippen LogP contribution in [0.25, 0.3) is 11.1 Å². The van der Waals surface area contributed by atoms with Crippen molar-refractivity contribution in [3.8, 4) is 11.1 Å². The molecule has 2 aliphatic rings. The van der Waals surface area contributed by atoms with Gasteiger partial charge in [-0.05, 0) is 37.0 Å². The lowest BCUT2D eigenvalue weighted by Gasteiger charge is -2.45. The van der Waals surface area contributed by atoms with E-state index in [1.165, 1.54) is 6.42 Å². The molecule has 2 aromatic heterocycles. The fourth-order valence-corrected chi connectivity index (χ4v) is 3.52. The molecule has 20 heavy (non-hydrogen) atoms. The Bertz CT molecular complexity index is 689. The molecule has 1 aliphatic heterocycles. The third-order valence-corrected chi connectivity index (χ3v) is 4.77. The quantitative estimate of drug-likeness (QED) is 0.877. The minimum atomic E-state index is -0.0544. The molecule has 1 saturated carbocycles. The van der Waals surface area contributed by atoms with Gasteiger partial charge >= 0.3 is 0 Å². The zero-order valence-electron chi connectivity index (χ0n) is 10.9. The van der Waals surface area contributed by atoms with Crippen LogP contribution in [0.3, 0.4) is 0 Å². The van der Waals surface area contributed by atoms with Crippen LogP contribution in [-0.2, 0) is 6.54 Å². The number of pyridine rings is 1. The summed E-state index contributed by atoms with van der Waals surface area (Å²) in [5, 5.41) is 3.66. The van der Waals surface area contributed by atoms with Crippen molar-refractivity contribution in [2.24, 2.45) is 0 Å². The molecular weight excluding hydrogens is 274 g/mol. The van der Waals surface area contributed by atoms with Gasteiger partial charge in [0.05, 0.1) is 10.6 Å². The monoisotopic (exact) mass is 287 g/mol. The van der Waals surface area contributed by atoms with Crippen LogP contribution in [0.2, 0.25) is 5.02 Å². The van der Waals surface area contributed by atoms with Crippen LogP contribution in [-0.4, -0.2) is 21.0 Å². The van der Waals surface area contributed by atoms with Gasteiger partial charge in [-0.25, -0.2) is 0 Å². The summed E-state index contributed by atoms with van der Waals surface area (Å²) in [7, 11) is 0. The molecule has 0 unspecified atom stereocenters. The summed E-state index contributed by atoms with van der Waals surface area (Å²) in [4.78, 5) is 16.3. The second kappa shape index (κ2) is 4.09. The lowest BCUT2D eigenvalue weighted by molar-refractivity contribution is 0.0719. The molecule has 1 aliphatic carbocycles. The summed E-state index contributed by atoms with van der Waals surface area (Å²) < 4.78 is 2.01. The van der Waals surface area contributed by atoms with E-state index in [2.05, 4.69) is 10.3 Å². The van der Waals surface area contributed by atoms with Crippen molar-refractivity contribution in [2.45, 2.75) is 31.3 Å². The van der Waals surface area contributed by atoms with Crippen molar-refractivity contribution in [3.05, 3.63) is 41.4 Å². The summed E-state index contributed by atoms with van der Waals surface area (Å²) in [5.74, 6) is -0.0544. The van der Waals surface area contributed by atoms with Crippen molar-refractivity contribution in [3.63, 3.8) is 0 Å². The number of nitrogens with zero attached hydrogens (tertiary/aromatic N) is 2. The molecule has 0 bridgehead atoms. The molecule has 4 rings (SSSR count). The number of halogens is 1. The molecule has 5 heteroatoms. The fourth-order valence-electron chi connectivity index (χ4n) is 3.17. The predicted molar refractivity (Wildman–Crippen MR) is 76.7 cm³/mol. The summed E-state index contributed by atoms with van der Waals surface area (Å²) in [6.45, 7) is 0.818. The average Bonchev–Trinajstić information content (AvgIpc) is 2.75. The zero-order valence-corrected chi connectivity index (χ0v) is 11.7.